The Morgan fingerprint density at radius 2 is 2.44 bits per heavy atom. The van der Waals surface area contributed by atoms with Gasteiger partial charge in [-0.1, -0.05) is 6.92 Å². The minimum Gasteiger partial charge on any atom is -0.396 e. The molecule has 1 amide bonds. The summed E-state index contributed by atoms with van der Waals surface area (Å²) >= 11 is 1.75. The first-order chi connectivity index (χ1) is 7.64. The molecule has 0 aliphatic heterocycles. The van der Waals surface area contributed by atoms with Crippen LogP contribution >= 0.6 is 11.8 Å². The maximum absolute atomic E-state index is 11.6. The van der Waals surface area contributed by atoms with E-state index in [-0.39, 0.29) is 12.5 Å². The second-order valence-corrected chi connectivity index (χ2v) is 5.70. The Kier molecular flexibility index (Phi) is 5.58. The maximum atomic E-state index is 11.6. The largest absolute Gasteiger partial charge is 0.396 e. The number of nitrogens with two attached hydrogens (primary N) is 1. The van der Waals surface area contributed by atoms with Crippen molar-refractivity contribution in [1.82, 2.24) is 5.32 Å². The van der Waals surface area contributed by atoms with Gasteiger partial charge in [-0.2, -0.15) is 11.8 Å². The van der Waals surface area contributed by atoms with Crippen LogP contribution in [0.4, 0.5) is 0 Å². The van der Waals surface area contributed by atoms with Crippen molar-refractivity contribution in [1.29, 1.82) is 0 Å². The van der Waals surface area contributed by atoms with Gasteiger partial charge in [-0.3, -0.25) is 4.79 Å². The second-order valence-electron chi connectivity index (χ2n) is 4.29. The zero-order valence-corrected chi connectivity index (χ0v) is 10.7. The van der Waals surface area contributed by atoms with E-state index in [2.05, 4.69) is 5.32 Å². The first kappa shape index (κ1) is 13.8. The molecule has 2 unspecified atom stereocenters. The maximum Gasteiger partial charge on any atom is 0.237 e. The highest BCUT2D eigenvalue weighted by molar-refractivity contribution is 7.99. The van der Waals surface area contributed by atoms with E-state index in [1.807, 2.05) is 6.92 Å². The quantitative estimate of drug-likeness (QED) is 0.637. The molecule has 4 N–H and O–H groups in total. The van der Waals surface area contributed by atoms with Crippen LogP contribution in [0.3, 0.4) is 0 Å². The minimum absolute atomic E-state index is 0.200. The lowest BCUT2D eigenvalue weighted by Gasteiger charge is -2.38. The Morgan fingerprint density at radius 3 is 3.00 bits per heavy atom. The van der Waals surface area contributed by atoms with Crippen molar-refractivity contribution in [3.05, 3.63) is 0 Å². The van der Waals surface area contributed by atoms with Gasteiger partial charge in [0.05, 0.1) is 12.1 Å². The number of carbonyl (C=O) groups excluding carboxylic acids is 1. The van der Waals surface area contributed by atoms with Gasteiger partial charge in [-0.25, -0.2) is 0 Å². The fourth-order valence-corrected chi connectivity index (χ4v) is 3.57. The van der Waals surface area contributed by atoms with Crippen molar-refractivity contribution in [3.8, 4) is 0 Å². The van der Waals surface area contributed by atoms with Gasteiger partial charge >= 0.3 is 0 Å². The van der Waals surface area contributed by atoms with Crippen LogP contribution in [0.5, 0.6) is 0 Å². The summed E-state index contributed by atoms with van der Waals surface area (Å²) in [6.45, 7) is 2.96. The molecular weight excluding hydrogens is 224 g/mol. The van der Waals surface area contributed by atoms with Gasteiger partial charge in [-0.05, 0) is 32.2 Å². The van der Waals surface area contributed by atoms with E-state index >= 15 is 0 Å². The van der Waals surface area contributed by atoms with E-state index in [9.17, 15) is 4.79 Å². The molecular formula is C11H22N2O2S. The molecule has 4 nitrogen and oxygen atoms in total. The van der Waals surface area contributed by atoms with E-state index in [1.165, 1.54) is 0 Å². The lowest BCUT2D eigenvalue weighted by atomic mass is 9.80. The van der Waals surface area contributed by atoms with E-state index in [0.717, 1.165) is 38.0 Å². The van der Waals surface area contributed by atoms with Crippen LogP contribution in [-0.2, 0) is 4.79 Å². The van der Waals surface area contributed by atoms with E-state index in [1.54, 1.807) is 11.8 Å². The van der Waals surface area contributed by atoms with Gasteiger partial charge in [0, 0.05) is 11.0 Å². The average Bonchev–Trinajstić information content (AvgIpc) is 2.27. The number of likely N-dealkylation sites (N-methyl/N-ethyl adjacent to an activating group) is 1. The van der Waals surface area contributed by atoms with Crippen molar-refractivity contribution in [2.24, 2.45) is 5.73 Å². The molecule has 16 heavy (non-hydrogen) atoms. The SMILES string of the molecule is CCNC1(C(N)=O)CCCC(SCCO)C1. The Bertz CT molecular complexity index is 234. The highest BCUT2D eigenvalue weighted by Crippen LogP contribution is 2.34. The second kappa shape index (κ2) is 6.47. The highest BCUT2D eigenvalue weighted by atomic mass is 32.2. The first-order valence-electron chi connectivity index (χ1n) is 5.92. The number of thioether (sulfide) groups is 1. The van der Waals surface area contributed by atoms with Crippen LogP contribution in [0.1, 0.15) is 32.6 Å². The van der Waals surface area contributed by atoms with Gasteiger partial charge in [0.1, 0.15) is 0 Å². The summed E-state index contributed by atoms with van der Waals surface area (Å²) in [6, 6.07) is 0. The van der Waals surface area contributed by atoms with E-state index in [4.69, 9.17) is 10.8 Å². The summed E-state index contributed by atoms with van der Waals surface area (Å²) in [5, 5.41) is 12.5. The number of hydrogen-bond donors (Lipinski definition) is 3. The normalized spacial score (nSPS) is 30.2. The van der Waals surface area contributed by atoms with Crippen LogP contribution in [-0.4, -0.2) is 40.7 Å². The van der Waals surface area contributed by atoms with Crippen molar-refractivity contribution in [2.75, 3.05) is 18.9 Å². The van der Waals surface area contributed by atoms with E-state index in [0.29, 0.717) is 5.25 Å². The summed E-state index contributed by atoms with van der Waals surface area (Å²) in [7, 11) is 0. The number of aliphatic hydroxyl groups is 1. The molecule has 0 spiro atoms. The molecule has 0 radical (unpaired) electrons. The number of nitrogens with one attached hydrogen (secondary N) is 1. The van der Waals surface area contributed by atoms with Crippen LogP contribution < -0.4 is 11.1 Å². The summed E-state index contributed by atoms with van der Waals surface area (Å²) < 4.78 is 0. The fraction of sp³-hybridized carbons (Fsp3) is 0.909. The zero-order valence-electron chi connectivity index (χ0n) is 9.87. The third-order valence-electron chi connectivity index (χ3n) is 3.14. The molecule has 2 atom stereocenters. The first-order valence-corrected chi connectivity index (χ1v) is 6.97. The summed E-state index contributed by atoms with van der Waals surface area (Å²) in [4.78, 5) is 11.6. The van der Waals surface area contributed by atoms with Gasteiger partial charge < -0.3 is 16.2 Å². The van der Waals surface area contributed by atoms with Crippen molar-refractivity contribution >= 4 is 17.7 Å². The number of aliphatic hydroxyl groups excluding tert-OH is 1. The molecule has 5 heteroatoms. The molecule has 1 fully saturated rings. The summed E-state index contributed by atoms with van der Waals surface area (Å²) in [5.41, 5.74) is 5.01. The standard InChI is InChI=1S/C11H22N2O2S/c1-2-13-11(10(12)15)5-3-4-9(8-11)16-7-6-14/h9,13-14H,2-8H2,1H3,(H2,12,15). The summed E-state index contributed by atoms with van der Waals surface area (Å²) in [5.74, 6) is 0.509. The zero-order chi connectivity index (χ0) is 12.0. The number of primary amides is 1. The van der Waals surface area contributed by atoms with Gasteiger partial charge in [0.2, 0.25) is 5.91 Å². The number of rotatable bonds is 6. The van der Waals surface area contributed by atoms with Gasteiger partial charge in [0.15, 0.2) is 0 Å². The summed E-state index contributed by atoms with van der Waals surface area (Å²) in [6.07, 6.45) is 3.78. The number of amides is 1. The Hall–Kier alpha value is -0.260. The Morgan fingerprint density at radius 1 is 1.69 bits per heavy atom. The smallest absolute Gasteiger partial charge is 0.237 e. The Balaban J connectivity index is 2.60. The minimum atomic E-state index is -0.514. The highest BCUT2D eigenvalue weighted by Gasteiger charge is 2.40. The van der Waals surface area contributed by atoms with Crippen LogP contribution in [0.15, 0.2) is 0 Å². The third kappa shape index (κ3) is 3.37. The topological polar surface area (TPSA) is 75.3 Å². The lowest BCUT2D eigenvalue weighted by molar-refractivity contribution is -0.125. The van der Waals surface area contributed by atoms with Crippen molar-refractivity contribution in [3.63, 3.8) is 0 Å². The van der Waals surface area contributed by atoms with Gasteiger partial charge in [0.25, 0.3) is 0 Å². The molecule has 1 aliphatic carbocycles. The molecule has 0 aromatic rings. The average molecular weight is 246 g/mol. The van der Waals surface area contributed by atoms with E-state index < -0.39 is 5.54 Å². The fourth-order valence-electron chi connectivity index (χ4n) is 2.40. The van der Waals surface area contributed by atoms with Gasteiger partial charge in [-0.15, -0.1) is 0 Å². The molecule has 0 saturated heterocycles. The molecule has 0 aromatic carbocycles. The Labute approximate surface area is 101 Å². The molecule has 1 aliphatic rings. The van der Waals surface area contributed by atoms with Crippen LogP contribution in [0.2, 0.25) is 0 Å². The predicted octanol–water partition coefficient (Wildman–Crippen LogP) is 0.488. The monoisotopic (exact) mass is 246 g/mol. The molecule has 0 heterocycles. The number of carbonyl (C=O) groups is 1. The molecule has 1 saturated carbocycles. The van der Waals surface area contributed by atoms with Crippen LogP contribution in [0, 0.1) is 0 Å². The van der Waals surface area contributed by atoms with Crippen LogP contribution in [0.25, 0.3) is 0 Å². The molecule has 1 rings (SSSR count). The predicted molar refractivity (Wildman–Crippen MR) is 67.4 cm³/mol. The molecule has 0 aromatic heterocycles. The van der Waals surface area contributed by atoms with Crippen molar-refractivity contribution in [2.45, 2.75) is 43.4 Å². The molecule has 0 bridgehead atoms. The van der Waals surface area contributed by atoms with Crippen molar-refractivity contribution < 1.29 is 9.90 Å². The third-order valence-corrected chi connectivity index (χ3v) is 4.43. The lowest BCUT2D eigenvalue weighted by Crippen LogP contribution is -2.58. The number of hydrogen-bond acceptors (Lipinski definition) is 4. The molecule has 94 valence electrons.